The summed E-state index contributed by atoms with van der Waals surface area (Å²) in [5.74, 6) is 0.680. The van der Waals surface area contributed by atoms with Gasteiger partial charge in [-0.15, -0.1) is 12.4 Å². The maximum absolute atomic E-state index is 9.39. The standard InChI is InChI=1S/C9H13NO3.ClH/c1-13-6-2-3-9(12)7(4-6)8(10)5-11;/h2-4,8,11-12H,5,10H2,1H3;1H/t8-;/m0./s1. The minimum absolute atomic E-state index is 0. The fourth-order valence-electron chi connectivity index (χ4n) is 1.05. The first-order valence-corrected chi connectivity index (χ1v) is 3.92. The molecule has 0 saturated carbocycles. The van der Waals surface area contributed by atoms with Crippen molar-refractivity contribution in [1.82, 2.24) is 0 Å². The van der Waals surface area contributed by atoms with E-state index in [-0.39, 0.29) is 24.8 Å². The van der Waals surface area contributed by atoms with E-state index < -0.39 is 6.04 Å². The third-order valence-corrected chi connectivity index (χ3v) is 1.83. The minimum atomic E-state index is -0.574. The number of halogens is 1. The molecule has 1 atom stereocenters. The monoisotopic (exact) mass is 219 g/mol. The molecule has 1 aromatic rings. The molecule has 14 heavy (non-hydrogen) atoms. The van der Waals surface area contributed by atoms with Crippen LogP contribution in [-0.2, 0) is 0 Å². The second kappa shape index (κ2) is 5.70. The molecule has 0 radical (unpaired) electrons. The van der Waals surface area contributed by atoms with Crippen molar-refractivity contribution in [2.75, 3.05) is 13.7 Å². The fraction of sp³-hybridized carbons (Fsp3) is 0.333. The molecule has 0 saturated heterocycles. The van der Waals surface area contributed by atoms with Crippen LogP contribution in [-0.4, -0.2) is 23.9 Å². The van der Waals surface area contributed by atoms with Crippen LogP contribution < -0.4 is 10.5 Å². The molecular formula is C9H14ClNO3. The average molecular weight is 220 g/mol. The molecule has 0 spiro atoms. The maximum atomic E-state index is 9.39. The van der Waals surface area contributed by atoms with Crippen LogP contribution in [0.1, 0.15) is 11.6 Å². The minimum Gasteiger partial charge on any atom is -0.508 e. The van der Waals surface area contributed by atoms with E-state index >= 15 is 0 Å². The van der Waals surface area contributed by atoms with Gasteiger partial charge < -0.3 is 20.7 Å². The molecule has 0 heterocycles. The van der Waals surface area contributed by atoms with E-state index in [1.165, 1.54) is 13.2 Å². The zero-order valence-electron chi connectivity index (χ0n) is 7.80. The van der Waals surface area contributed by atoms with Gasteiger partial charge in [-0.25, -0.2) is 0 Å². The van der Waals surface area contributed by atoms with Crippen LogP contribution in [0.15, 0.2) is 18.2 Å². The number of nitrogens with two attached hydrogens (primary N) is 1. The van der Waals surface area contributed by atoms with Gasteiger partial charge in [-0.3, -0.25) is 0 Å². The van der Waals surface area contributed by atoms with Gasteiger partial charge in [-0.2, -0.15) is 0 Å². The molecule has 4 nitrogen and oxygen atoms in total. The summed E-state index contributed by atoms with van der Waals surface area (Å²) in [6, 6.07) is 4.15. The van der Waals surface area contributed by atoms with Gasteiger partial charge in [0.2, 0.25) is 0 Å². The van der Waals surface area contributed by atoms with Crippen molar-refractivity contribution in [2.24, 2.45) is 5.73 Å². The van der Waals surface area contributed by atoms with Crippen LogP contribution in [0.3, 0.4) is 0 Å². The Kier molecular flexibility index (Phi) is 5.30. The fourth-order valence-corrected chi connectivity index (χ4v) is 1.05. The molecular weight excluding hydrogens is 206 g/mol. The average Bonchev–Trinajstić information content (AvgIpc) is 2.17. The molecule has 0 aliphatic carbocycles. The van der Waals surface area contributed by atoms with Gasteiger partial charge in [-0.05, 0) is 18.2 Å². The van der Waals surface area contributed by atoms with Gasteiger partial charge in [0.15, 0.2) is 0 Å². The van der Waals surface area contributed by atoms with Crippen LogP contribution in [0, 0.1) is 0 Å². The summed E-state index contributed by atoms with van der Waals surface area (Å²) >= 11 is 0. The normalized spacial score (nSPS) is 11.6. The SMILES string of the molecule is COc1ccc(O)c([C@@H](N)CO)c1.Cl. The predicted molar refractivity (Wildman–Crippen MR) is 55.9 cm³/mol. The van der Waals surface area contributed by atoms with Gasteiger partial charge in [0.25, 0.3) is 0 Å². The number of aromatic hydroxyl groups is 1. The molecule has 0 fully saturated rings. The first-order valence-electron chi connectivity index (χ1n) is 3.92. The number of benzene rings is 1. The topological polar surface area (TPSA) is 75.7 Å². The van der Waals surface area contributed by atoms with Crippen molar-refractivity contribution < 1.29 is 14.9 Å². The molecule has 0 unspecified atom stereocenters. The summed E-state index contributed by atoms with van der Waals surface area (Å²) < 4.78 is 4.96. The van der Waals surface area contributed by atoms with E-state index in [0.717, 1.165) is 0 Å². The van der Waals surface area contributed by atoms with Crippen molar-refractivity contribution in [3.8, 4) is 11.5 Å². The summed E-state index contributed by atoms with van der Waals surface area (Å²) in [7, 11) is 1.53. The number of hydrogen-bond acceptors (Lipinski definition) is 4. The molecule has 80 valence electrons. The molecule has 0 aliphatic rings. The number of ether oxygens (including phenoxy) is 1. The third kappa shape index (κ3) is 2.77. The smallest absolute Gasteiger partial charge is 0.120 e. The largest absolute Gasteiger partial charge is 0.508 e. The Bertz CT molecular complexity index is 293. The van der Waals surface area contributed by atoms with E-state index in [4.69, 9.17) is 15.6 Å². The van der Waals surface area contributed by atoms with Gasteiger partial charge in [0.05, 0.1) is 19.8 Å². The molecule has 5 heteroatoms. The first kappa shape index (κ1) is 13.0. The molecule has 0 amide bonds. The Morgan fingerprint density at radius 2 is 2.14 bits per heavy atom. The van der Waals surface area contributed by atoms with Crippen LogP contribution in [0.5, 0.6) is 11.5 Å². The van der Waals surface area contributed by atoms with Gasteiger partial charge in [0, 0.05) is 5.56 Å². The lowest BCUT2D eigenvalue weighted by atomic mass is 10.1. The lowest BCUT2D eigenvalue weighted by Gasteiger charge is -2.11. The molecule has 4 N–H and O–H groups in total. The third-order valence-electron chi connectivity index (χ3n) is 1.83. The first-order chi connectivity index (χ1) is 6.19. The van der Waals surface area contributed by atoms with Crippen LogP contribution in [0.4, 0.5) is 0 Å². The maximum Gasteiger partial charge on any atom is 0.120 e. The van der Waals surface area contributed by atoms with E-state index in [2.05, 4.69) is 0 Å². The highest BCUT2D eigenvalue weighted by Crippen LogP contribution is 2.26. The van der Waals surface area contributed by atoms with Crippen molar-refractivity contribution in [3.05, 3.63) is 23.8 Å². The van der Waals surface area contributed by atoms with Crippen molar-refractivity contribution in [1.29, 1.82) is 0 Å². The Hall–Kier alpha value is -0.970. The van der Waals surface area contributed by atoms with Crippen molar-refractivity contribution in [3.63, 3.8) is 0 Å². The number of aliphatic hydroxyl groups is 1. The molecule has 0 aromatic heterocycles. The lowest BCUT2D eigenvalue weighted by molar-refractivity contribution is 0.265. The van der Waals surface area contributed by atoms with Crippen LogP contribution in [0.2, 0.25) is 0 Å². The second-order valence-electron chi connectivity index (χ2n) is 2.71. The molecule has 0 bridgehead atoms. The highest BCUT2D eigenvalue weighted by atomic mass is 35.5. The Balaban J connectivity index is 0.00000169. The zero-order valence-corrected chi connectivity index (χ0v) is 8.62. The van der Waals surface area contributed by atoms with Crippen LogP contribution in [0.25, 0.3) is 0 Å². The van der Waals surface area contributed by atoms with E-state index in [1.54, 1.807) is 12.1 Å². The predicted octanol–water partition coefficient (Wildman–Crippen LogP) is 0.815. The van der Waals surface area contributed by atoms with Gasteiger partial charge >= 0.3 is 0 Å². The summed E-state index contributed by atoms with van der Waals surface area (Å²) in [6.45, 7) is -0.208. The second-order valence-corrected chi connectivity index (χ2v) is 2.71. The molecule has 1 rings (SSSR count). The van der Waals surface area contributed by atoms with Crippen molar-refractivity contribution >= 4 is 12.4 Å². The van der Waals surface area contributed by atoms with E-state index in [1.807, 2.05) is 0 Å². The Labute approximate surface area is 88.7 Å². The molecule has 0 aliphatic heterocycles. The highest BCUT2D eigenvalue weighted by Gasteiger charge is 2.10. The van der Waals surface area contributed by atoms with Crippen LogP contribution >= 0.6 is 12.4 Å². The summed E-state index contributed by atoms with van der Waals surface area (Å²) in [6.07, 6.45) is 0. The van der Waals surface area contributed by atoms with Crippen molar-refractivity contribution in [2.45, 2.75) is 6.04 Å². The number of phenolic OH excluding ortho intramolecular Hbond substituents is 1. The number of phenols is 1. The summed E-state index contributed by atoms with van der Waals surface area (Å²) in [5, 5.41) is 18.2. The lowest BCUT2D eigenvalue weighted by Crippen LogP contribution is -2.14. The number of methoxy groups -OCH3 is 1. The number of hydrogen-bond donors (Lipinski definition) is 3. The quantitative estimate of drug-likeness (QED) is 0.704. The Morgan fingerprint density at radius 3 is 2.64 bits per heavy atom. The zero-order chi connectivity index (χ0) is 9.84. The van der Waals surface area contributed by atoms with Gasteiger partial charge in [-0.1, -0.05) is 0 Å². The highest BCUT2D eigenvalue weighted by molar-refractivity contribution is 5.85. The van der Waals surface area contributed by atoms with E-state index in [9.17, 15) is 5.11 Å². The summed E-state index contributed by atoms with van der Waals surface area (Å²) in [4.78, 5) is 0. The number of rotatable bonds is 3. The Morgan fingerprint density at radius 1 is 1.50 bits per heavy atom. The van der Waals surface area contributed by atoms with Gasteiger partial charge in [0.1, 0.15) is 11.5 Å². The molecule has 1 aromatic carbocycles. The van der Waals surface area contributed by atoms with E-state index in [0.29, 0.717) is 11.3 Å². The summed E-state index contributed by atoms with van der Waals surface area (Å²) in [5.41, 5.74) is 6.04. The number of aliphatic hydroxyl groups excluding tert-OH is 1.